The van der Waals surface area contributed by atoms with E-state index in [1.165, 1.54) is 0 Å². The summed E-state index contributed by atoms with van der Waals surface area (Å²) in [5.41, 5.74) is 2.18. The van der Waals surface area contributed by atoms with Gasteiger partial charge in [-0.1, -0.05) is 6.07 Å². The summed E-state index contributed by atoms with van der Waals surface area (Å²) in [4.78, 5) is 28.0. The van der Waals surface area contributed by atoms with Crippen LogP contribution in [0, 0.1) is 6.92 Å². The molecule has 0 spiro atoms. The third kappa shape index (κ3) is 3.63. The van der Waals surface area contributed by atoms with E-state index in [1.807, 2.05) is 13.0 Å². The second-order valence-corrected chi connectivity index (χ2v) is 8.99. The normalized spacial score (nSPS) is 20.4. The molecular weight excluding hydrogens is 342 g/mol. The average Bonchev–Trinajstić information content (AvgIpc) is 3.00. The van der Waals surface area contributed by atoms with Gasteiger partial charge in [0.15, 0.2) is 0 Å². The minimum atomic E-state index is -2.96. The van der Waals surface area contributed by atoms with Crippen LogP contribution >= 0.6 is 0 Å². The molecule has 0 aliphatic carbocycles. The Morgan fingerprint density at radius 3 is 2.56 bits per heavy atom. The van der Waals surface area contributed by atoms with E-state index >= 15 is 0 Å². The Morgan fingerprint density at radius 2 is 1.96 bits per heavy atom. The molecule has 0 radical (unpaired) electrons. The summed E-state index contributed by atoms with van der Waals surface area (Å²) >= 11 is 0. The fourth-order valence-corrected chi connectivity index (χ4v) is 4.84. The molecule has 0 unspecified atom stereocenters. The smallest absolute Gasteiger partial charge is 0.322 e. The molecule has 1 aromatic rings. The van der Waals surface area contributed by atoms with Gasteiger partial charge >= 0.3 is 6.03 Å². The van der Waals surface area contributed by atoms with Crippen molar-refractivity contribution in [2.24, 2.45) is 0 Å². The van der Waals surface area contributed by atoms with Crippen molar-refractivity contribution in [3.63, 3.8) is 0 Å². The average molecular weight is 365 g/mol. The first-order valence-electron chi connectivity index (χ1n) is 8.42. The van der Waals surface area contributed by atoms with Crippen LogP contribution in [0.2, 0.25) is 0 Å². The molecular formula is C17H23N3O4S. The summed E-state index contributed by atoms with van der Waals surface area (Å²) in [6.45, 7) is 3.07. The van der Waals surface area contributed by atoms with Gasteiger partial charge < -0.3 is 10.2 Å². The van der Waals surface area contributed by atoms with Crippen molar-refractivity contribution >= 4 is 27.5 Å². The monoisotopic (exact) mass is 365 g/mol. The van der Waals surface area contributed by atoms with E-state index in [2.05, 4.69) is 5.32 Å². The number of carbonyl (C=O) groups is 2. The Bertz CT molecular complexity index is 792. The zero-order chi connectivity index (χ0) is 18.2. The standard InChI is InChI=1S/C17H23N3O4S/c1-12-3-4-13(11-15(12)20-8-7-18-17(20)22)16(21)19(2)14-5-9-25(23,24)10-6-14/h3-4,11,14H,5-10H2,1-2H3,(H,18,22). The zero-order valence-electron chi connectivity index (χ0n) is 14.5. The second kappa shape index (κ2) is 6.67. The first-order valence-corrected chi connectivity index (χ1v) is 10.2. The molecule has 0 saturated carbocycles. The number of nitrogens with one attached hydrogen (secondary N) is 1. The lowest BCUT2D eigenvalue weighted by Gasteiger charge is -2.31. The summed E-state index contributed by atoms with van der Waals surface area (Å²) in [5, 5.41) is 2.76. The van der Waals surface area contributed by atoms with Crippen LogP contribution in [0.4, 0.5) is 10.5 Å². The first kappa shape index (κ1) is 17.7. The van der Waals surface area contributed by atoms with Gasteiger partial charge in [0.1, 0.15) is 9.84 Å². The van der Waals surface area contributed by atoms with Crippen molar-refractivity contribution in [2.75, 3.05) is 36.5 Å². The lowest BCUT2D eigenvalue weighted by atomic mass is 10.1. The number of hydrogen-bond donors (Lipinski definition) is 1. The Kier molecular flexibility index (Phi) is 4.73. The lowest BCUT2D eigenvalue weighted by molar-refractivity contribution is 0.0722. The molecule has 1 N–H and O–H groups in total. The van der Waals surface area contributed by atoms with Crippen molar-refractivity contribution < 1.29 is 18.0 Å². The molecule has 7 nitrogen and oxygen atoms in total. The van der Waals surface area contributed by atoms with E-state index in [0.29, 0.717) is 31.5 Å². The highest BCUT2D eigenvalue weighted by Crippen LogP contribution is 2.25. The molecule has 8 heteroatoms. The van der Waals surface area contributed by atoms with Crippen LogP contribution in [0.1, 0.15) is 28.8 Å². The maximum atomic E-state index is 12.8. The van der Waals surface area contributed by atoms with Gasteiger partial charge in [-0.05, 0) is 37.5 Å². The Labute approximate surface area is 147 Å². The molecule has 3 rings (SSSR count). The number of urea groups is 1. The van der Waals surface area contributed by atoms with E-state index in [4.69, 9.17) is 0 Å². The van der Waals surface area contributed by atoms with Crippen LogP contribution in [-0.2, 0) is 9.84 Å². The summed E-state index contributed by atoms with van der Waals surface area (Å²) in [6.07, 6.45) is 0.940. The van der Waals surface area contributed by atoms with Crippen LogP contribution in [-0.4, -0.2) is 62.9 Å². The number of rotatable bonds is 3. The molecule has 2 saturated heterocycles. The maximum Gasteiger partial charge on any atom is 0.322 e. The predicted molar refractivity (Wildman–Crippen MR) is 95.7 cm³/mol. The largest absolute Gasteiger partial charge is 0.339 e. The number of hydrogen-bond acceptors (Lipinski definition) is 4. The van der Waals surface area contributed by atoms with Gasteiger partial charge in [-0.3, -0.25) is 9.69 Å². The number of anilines is 1. The molecule has 0 atom stereocenters. The molecule has 0 aromatic heterocycles. The highest BCUT2D eigenvalue weighted by atomic mass is 32.2. The number of sulfone groups is 1. The lowest BCUT2D eigenvalue weighted by Crippen LogP contribution is -2.42. The van der Waals surface area contributed by atoms with Gasteiger partial charge in [-0.15, -0.1) is 0 Å². The van der Waals surface area contributed by atoms with E-state index in [9.17, 15) is 18.0 Å². The minimum absolute atomic E-state index is 0.0733. The number of benzene rings is 1. The number of aryl methyl sites for hydroxylation is 1. The SMILES string of the molecule is Cc1ccc(C(=O)N(C)C2CCS(=O)(=O)CC2)cc1N1CCNC1=O. The molecule has 3 amide bonds. The second-order valence-electron chi connectivity index (χ2n) is 6.68. The molecule has 2 aliphatic heterocycles. The summed E-state index contributed by atoms with van der Waals surface area (Å²) in [6, 6.07) is 5.12. The topological polar surface area (TPSA) is 86.8 Å². The predicted octanol–water partition coefficient (Wildman–Crippen LogP) is 1.17. The third-order valence-corrected chi connectivity index (χ3v) is 6.71. The van der Waals surface area contributed by atoms with Gasteiger partial charge in [0, 0.05) is 37.4 Å². The third-order valence-electron chi connectivity index (χ3n) is 5.00. The van der Waals surface area contributed by atoms with Gasteiger partial charge in [-0.25, -0.2) is 13.2 Å². The fraction of sp³-hybridized carbons (Fsp3) is 0.529. The van der Waals surface area contributed by atoms with Gasteiger partial charge in [0.25, 0.3) is 5.91 Å². The van der Waals surface area contributed by atoms with Crippen LogP contribution in [0.25, 0.3) is 0 Å². The minimum Gasteiger partial charge on any atom is -0.339 e. The van der Waals surface area contributed by atoms with Crippen molar-refractivity contribution in [2.45, 2.75) is 25.8 Å². The highest BCUT2D eigenvalue weighted by Gasteiger charge is 2.30. The first-order chi connectivity index (χ1) is 11.8. The van der Waals surface area contributed by atoms with Crippen LogP contribution in [0.15, 0.2) is 18.2 Å². The van der Waals surface area contributed by atoms with Crippen molar-refractivity contribution in [3.05, 3.63) is 29.3 Å². The fourth-order valence-electron chi connectivity index (χ4n) is 3.37. The Hall–Kier alpha value is -2.09. The van der Waals surface area contributed by atoms with E-state index in [1.54, 1.807) is 29.0 Å². The molecule has 25 heavy (non-hydrogen) atoms. The molecule has 136 valence electrons. The molecule has 2 aliphatic rings. The van der Waals surface area contributed by atoms with Crippen molar-refractivity contribution in [1.82, 2.24) is 10.2 Å². The summed E-state index contributed by atoms with van der Waals surface area (Å²) in [7, 11) is -1.24. The van der Waals surface area contributed by atoms with Gasteiger partial charge in [0.2, 0.25) is 0 Å². The number of carbonyl (C=O) groups excluding carboxylic acids is 2. The van der Waals surface area contributed by atoms with Crippen molar-refractivity contribution in [1.29, 1.82) is 0 Å². The zero-order valence-corrected chi connectivity index (χ0v) is 15.3. The maximum absolute atomic E-state index is 12.8. The van der Waals surface area contributed by atoms with Crippen LogP contribution in [0.3, 0.4) is 0 Å². The molecule has 2 fully saturated rings. The molecule has 1 aromatic carbocycles. The van der Waals surface area contributed by atoms with E-state index < -0.39 is 9.84 Å². The molecule has 2 heterocycles. The highest BCUT2D eigenvalue weighted by molar-refractivity contribution is 7.91. The molecule has 0 bridgehead atoms. The summed E-state index contributed by atoms with van der Waals surface area (Å²) in [5.74, 6) is 0.107. The van der Waals surface area contributed by atoms with Gasteiger partial charge in [0.05, 0.1) is 11.5 Å². The van der Waals surface area contributed by atoms with E-state index in [-0.39, 0.29) is 29.5 Å². The number of amides is 3. The summed E-state index contributed by atoms with van der Waals surface area (Å²) < 4.78 is 23.1. The van der Waals surface area contributed by atoms with Gasteiger partial charge in [-0.2, -0.15) is 0 Å². The quantitative estimate of drug-likeness (QED) is 0.871. The van der Waals surface area contributed by atoms with Crippen LogP contribution < -0.4 is 10.2 Å². The number of nitrogens with zero attached hydrogens (tertiary/aromatic N) is 2. The Balaban J connectivity index is 1.79. The Morgan fingerprint density at radius 1 is 1.28 bits per heavy atom. The van der Waals surface area contributed by atoms with Crippen molar-refractivity contribution in [3.8, 4) is 0 Å². The van der Waals surface area contributed by atoms with Crippen LogP contribution in [0.5, 0.6) is 0 Å². The van der Waals surface area contributed by atoms with E-state index in [0.717, 1.165) is 11.3 Å².